The Morgan fingerprint density at radius 1 is 1.04 bits per heavy atom. The largest absolute Gasteiger partial charge is 0.385 e. The van der Waals surface area contributed by atoms with E-state index >= 15 is 0 Å². The molecular weight excluding hydrogens is 294 g/mol. The predicted octanol–water partition coefficient (Wildman–Crippen LogP) is 1.78. The fraction of sp³-hybridized carbons (Fsp3) is 0.529. The Bertz CT molecular complexity index is 474. The Balaban J connectivity index is 2.32. The van der Waals surface area contributed by atoms with Gasteiger partial charge in [0.2, 0.25) is 5.91 Å². The van der Waals surface area contributed by atoms with E-state index in [1.165, 1.54) is 0 Å². The molecule has 0 radical (unpaired) electrons. The van der Waals surface area contributed by atoms with Gasteiger partial charge in [-0.1, -0.05) is 13.3 Å². The molecular formula is C17H27N3O3. The van der Waals surface area contributed by atoms with Crippen molar-refractivity contribution in [3.8, 4) is 0 Å². The van der Waals surface area contributed by atoms with Gasteiger partial charge in [0.15, 0.2) is 0 Å². The molecule has 0 aliphatic heterocycles. The standard InChI is InChI=1S/C17H27N3O3/c1-3-4-10-18-16(21)13-20-15-8-6-14(7-9-15)17(22)19-11-5-12-23-2/h6-9,20H,3-5,10-13H2,1-2H3,(H,18,21)(H,19,22). The summed E-state index contributed by atoms with van der Waals surface area (Å²) in [4.78, 5) is 23.5. The Kier molecular flexibility index (Phi) is 9.47. The van der Waals surface area contributed by atoms with Crippen molar-refractivity contribution in [2.45, 2.75) is 26.2 Å². The molecule has 2 amide bonds. The molecule has 0 saturated heterocycles. The minimum atomic E-state index is -0.107. The molecule has 23 heavy (non-hydrogen) atoms. The highest BCUT2D eigenvalue weighted by molar-refractivity contribution is 5.94. The third-order valence-corrected chi connectivity index (χ3v) is 3.26. The molecule has 0 bridgehead atoms. The lowest BCUT2D eigenvalue weighted by Crippen LogP contribution is -2.30. The molecule has 0 spiro atoms. The topological polar surface area (TPSA) is 79.5 Å². The van der Waals surface area contributed by atoms with Crippen molar-refractivity contribution in [1.82, 2.24) is 10.6 Å². The molecule has 0 unspecified atom stereocenters. The number of amides is 2. The third kappa shape index (κ3) is 8.21. The van der Waals surface area contributed by atoms with Crippen molar-refractivity contribution < 1.29 is 14.3 Å². The SMILES string of the molecule is CCCCNC(=O)CNc1ccc(C(=O)NCCCOC)cc1. The van der Waals surface area contributed by atoms with Gasteiger partial charge in [-0.15, -0.1) is 0 Å². The number of hydrogen-bond donors (Lipinski definition) is 3. The second-order valence-corrected chi connectivity index (χ2v) is 5.24. The van der Waals surface area contributed by atoms with E-state index in [-0.39, 0.29) is 18.4 Å². The number of benzene rings is 1. The van der Waals surface area contributed by atoms with Gasteiger partial charge in [-0.3, -0.25) is 9.59 Å². The van der Waals surface area contributed by atoms with E-state index in [0.29, 0.717) is 25.3 Å². The summed E-state index contributed by atoms with van der Waals surface area (Å²) in [6.07, 6.45) is 2.83. The molecule has 1 aromatic rings. The average molecular weight is 321 g/mol. The monoisotopic (exact) mass is 321 g/mol. The number of carbonyl (C=O) groups excluding carboxylic acids is 2. The predicted molar refractivity (Wildman–Crippen MR) is 91.7 cm³/mol. The van der Waals surface area contributed by atoms with Crippen LogP contribution in [0.15, 0.2) is 24.3 Å². The quantitative estimate of drug-likeness (QED) is 0.543. The van der Waals surface area contributed by atoms with Gasteiger partial charge in [-0.05, 0) is 37.1 Å². The van der Waals surface area contributed by atoms with Gasteiger partial charge < -0.3 is 20.7 Å². The number of methoxy groups -OCH3 is 1. The lowest BCUT2D eigenvalue weighted by molar-refractivity contribution is -0.119. The summed E-state index contributed by atoms with van der Waals surface area (Å²) in [5, 5.41) is 8.71. The second-order valence-electron chi connectivity index (χ2n) is 5.24. The maximum atomic E-state index is 11.9. The summed E-state index contributed by atoms with van der Waals surface area (Å²) in [5.74, 6) is -0.136. The molecule has 0 aliphatic rings. The molecule has 1 aromatic carbocycles. The summed E-state index contributed by atoms with van der Waals surface area (Å²) in [5.41, 5.74) is 1.41. The van der Waals surface area contributed by atoms with Gasteiger partial charge in [0.1, 0.15) is 0 Å². The van der Waals surface area contributed by atoms with Crippen molar-refractivity contribution in [2.24, 2.45) is 0 Å². The molecule has 0 aromatic heterocycles. The van der Waals surface area contributed by atoms with Gasteiger partial charge >= 0.3 is 0 Å². The number of unbranched alkanes of at least 4 members (excludes halogenated alkanes) is 1. The number of hydrogen-bond acceptors (Lipinski definition) is 4. The molecule has 0 fully saturated rings. The normalized spacial score (nSPS) is 10.2. The van der Waals surface area contributed by atoms with Crippen LogP contribution in [0.5, 0.6) is 0 Å². The first-order valence-corrected chi connectivity index (χ1v) is 8.05. The van der Waals surface area contributed by atoms with E-state index in [2.05, 4.69) is 22.9 Å². The Morgan fingerprint density at radius 3 is 2.39 bits per heavy atom. The van der Waals surface area contributed by atoms with Crippen LogP contribution < -0.4 is 16.0 Å². The Hall–Kier alpha value is -2.08. The summed E-state index contributed by atoms with van der Waals surface area (Å²) in [6, 6.07) is 7.07. The van der Waals surface area contributed by atoms with E-state index < -0.39 is 0 Å². The first kappa shape index (κ1) is 19.0. The molecule has 3 N–H and O–H groups in total. The molecule has 6 heteroatoms. The number of nitrogens with one attached hydrogen (secondary N) is 3. The minimum Gasteiger partial charge on any atom is -0.385 e. The van der Waals surface area contributed by atoms with Crippen LogP contribution in [0.2, 0.25) is 0 Å². The van der Waals surface area contributed by atoms with Crippen LogP contribution in [-0.2, 0) is 9.53 Å². The second kappa shape index (κ2) is 11.5. The zero-order valence-corrected chi connectivity index (χ0v) is 14.0. The van der Waals surface area contributed by atoms with Crippen LogP contribution in [0.4, 0.5) is 5.69 Å². The number of anilines is 1. The highest BCUT2D eigenvalue weighted by Crippen LogP contribution is 2.09. The fourth-order valence-corrected chi connectivity index (χ4v) is 1.91. The Morgan fingerprint density at radius 2 is 1.74 bits per heavy atom. The van der Waals surface area contributed by atoms with Gasteiger partial charge in [0, 0.05) is 38.1 Å². The number of rotatable bonds is 11. The summed E-state index contributed by atoms with van der Waals surface area (Å²) in [7, 11) is 1.64. The van der Waals surface area contributed by atoms with Crippen molar-refractivity contribution in [1.29, 1.82) is 0 Å². The van der Waals surface area contributed by atoms with E-state index in [0.717, 1.165) is 24.9 Å². The summed E-state index contributed by atoms with van der Waals surface area (Å²) in [6.45, 7) is 4.24. The van der Waals surface area contributed by atoms with Crippen molar-refractivity contribution in [3.63, 3.8) is 0 Å². The maximum Gasteiger partial charge on any atom is 0.251 e. The van der Waals surface area contributed by atoms with Crippen LogP contribution in [0.1, 0.15) is 36.5 Å². The number of carbonyl (C=O) groups is 2. The van der Waals surface area contributed by atoms with Crippen LogP contribution >= 0.6 is 0 Å². The van der Waals surface area contributed by atoms with Crippen LogP contribution in [0.25, 0.3) is 0 Å². The molecule has 1 rings (SSSR count). The van der Waals surface area contributed by atoms with Crippen molar-refractivity contribution >= 4 is 17.5 Å². The smallest absolute Gasteiger partial charge is 0.251 e. The fourth-order valence-electron chi connectivity index (χ4n) is 1.91. The van der Waals surface area contributed by atoms with E-state index in [9.17, 15) is 9.59 Å². The first-order chi connectivity index (χ1) is 11.2. The molecule has 128 valence electrons. The van der Waals surface area contributed by atoms with Gasteiger partial charge in [-0.2, -0.15) is 0 Å². The third-order valence-electron chi connectivity index (χ3n) is 3.26. The van der Waals surface area contributed by atoms with Crippen LogP contribution in [-0.4, -0.2) is 45.2 Å². The summed E-state index contributed by atoms with van der Waals surface area (Å²) < 4.78 is 4.93. The lowest BCUT2D eigenvalue weighted by Gasteiger charge is -2.09. The zero-order chi connectivity index (χ0) is 16.9. The molecule has 0 aliphatic carbocycles. The minimum absolute atomic E-state index is 0.0292. The van der Waals surface area contributed by atoms with E-state index in [1.807, 2.05) is 0 Å². The molecule has 6 nitrogen and oxygen atoms in total. The van der Waals surface area contributed by atoms with Gasteiger partial charge in [-0.25, -0.2) is 0 Å². The highest BCUT2D eigenvalue weighted by atomic mass is 16.5. The molecule has 0 saturated carbocycles. The maximum absolute atomic E-state index is 11.9. The number of ether oxygens (including phenoxy) is 1. The average Bonchev–Trinajstić information content (AvgIpc) is 2.57. The van der Waals surface area contributed by atoms with Crippen LogP contribution in [0, 0.1) is 0 Å². The van der Waals surface area contributed by atoms with Crippen molar-refractivity contribution in [3.05, 3.63) is 29.8 Å². The van der Waals surface area contributed by atoms with Gasteiger partial charge in [0.25, 0.3) is 5.91 Å². The zero-order valence-electron chi connectivity index (χ0n) is 14.0. The Labute approximate surface area is 138 Å². The lowest BCUT2D eigenvalue weighted by atomic mass is 10.2. The van der Waals surface area contributed by atoms with Crippen molar-refractivity contribution in [2.75, 3.05) is 38.7 Å². The highest BCUT2D eigenvalue weighted by Gasteiger charge is 2.05. The summed E-state index contributed by atoms with van der Waals surface area (Å²) >= 11 is 0. The first-order valence-electron chi connectivity index (χ1n) is 8.05. The molecule has 0 heterocycles. The van der Waals surface area contributed by atoms with Crippen LogP contribution in [0.3, 0.4) is 0 Å². The molecule has 0 atom stereocenters. The van der Waals surface area contributed by atoms with E-state index in [4.69, 9.17) is 4.74 Å². The van der Waals surface area contributed by atoms with Gasteiger partial charge in [0.05, 0.1) is 6.54 Å². The van der Waals surface area contributed by atoms with E-state index in [1.54, 1.807) is 31.4 Å².